The zero-order chi connectivity index (χ0) is 17.9. The predicted octanol–water partition coefficient (Wildman–Crippen LogP) is 4.26. The molecule has 2 aromatic carbocycles. The molecular formula is C21H24N2O2. The van der Waals surface area contributed by atoms with E-state index in [1.165, 1.54) is 0 Å². The number of carbonyl (C=O) groups excluding carboxylic acids is 1. The smallest absolute Gasteiger partial charge is 0.412 e. The van der Waals surface area contributed by atoms with E-state index in [2.05, 4.69) is 30.0 Å². The molecule has 2 aromatic rings. The minimum Gasteiger partial charge on any atom is -0.443 e. The molecule has 0 spiro atoms. The van der Waals surface area contributed by atoms with Crippen LogP contribution in [0.2, 0.25) is 0 Å². The van der Waals surface area contributed by atoms with Crippen LogP contribution in [-0.4, -0.2) is 35.7 Å². The van der Waals surface area contributed by atoms with Crippen LogP contribution >= 0.6 is 0 Å². The largest absolute Gasteiger partial charge is 0.443 e. The summed E-state index contributed by atoms with van der Waals surface area (Å²) in [5, 5.41) is 4.94. The van der Waals surface area contributed by atoms with Crippen molar-refractivity contribution in [1.29, 1.82) is 0 Å². The highest BCUT2D eigenvalue weighted by atomic mass is 16.6. The summed E-state index contributed by atoms with van der Waals surface area (Å²) in [4.78, 5) is 14.5. The predicted molar refractivity (Wildman–Crippen MR) is 102 cm³/mol. The fraction of sp³-hybridized carbons (Fsp3) is 0.381. The van der Waals surface area contributed by atoms with Crippen LogP contribution < -0.4 is 5.32 Å². The van der Waals surface area contributed by atoms with E-state index >= 15 is 0 Å². The Bertz CT molecular complexity index is 794. The van der Waals surface area contributed by atoms with Gasteiger partial charge in [-0.1, -0.05) is 56.2 Å². The monoisotopic (exact) mass is 336 g/mol. The zero-order valence-electron chi connectivity index (χ0n) is 14.8. The number of fused-ring (bicyclic) bond motifs is 1. The summed E-state index contributed by atoms with van der Waals surface area (Å²) in [6.45, 7) is 5.58. The number of nitrogens with zero attached hydrogens (tertiary/aromatic N) is 1. The lowest BCUT2D eigenvalue weighted by Crippen LogP contribution is -2.62. The molecule has 1 aliphatic heterocycles. The third-order valence-electron chi connectivity index (χ3n) is 5.19. The van der Waals surface area contributed by atoms with Crippen molar-refractivity contribution in [3.63, 3.8) is 0 Å². The van der Waals surface area contributed by atoms with E-state index in [1.807, 2.05) is 42.5 Å². The Morgan fingerprint density at radius 1 is 1.24 bits per heavy atom. The molecule has 1 N–H and O–H groups in total. The summed E-state index contributed by atoms with van der Waals surface area (Å²) in [6, 6.07) is 13.8. The topological polar surface area (TPSA) is 41.6 Å². The van der Waals surface area contributed by atoms with Gasteiger partial charge in [-0.15, -0.1) is 6.42 Å². The number of amides is 1. The number of rotatable bonds is 5. The lowest BCUT2D eigenvalue weighted by atomic mass is 9.88. The highest BCUT2D eigenvalue weighted by molar-refractivity contribution is 6.00. The Hall–Kier alpha value is -2.51. The van der Waals surface area contributed by atoms with Gasteiger partial charge < -0.3 is 4.74 Å². The first kappa shape index (κ1) is 17.3. The Labute approximate surface area is 149 Å². The number of nitrogens with one attached hydrogen (secondary N) is 1. The van der Waals surface area contributed by atoms with Crippen LogP contribution in [0.15, 0.2) is 42.5 Å². The maximum Gasteiger partial charge on any atom is 0.412 e. The molecule has 4 heteroatoms. The van der Waals surface area contributed by atoms with Gasteiger partial charge in [-0.3, -0.25) is 10.2 Å². The molecule has 3 rings (SSSR count). The van der Waals surface area contributed by atoms with E-state index in [-0.39, 0.29) is 11.6 Å². The van der Waals surface area contributed by atoms with Gasteiger partial charge in [0.2, 0.25) is 0 Å². The number of carbonyl (C=O) groups is 1. The molecule has 25 heavy (non-hydrogen) atoms. The van der Waals surface area contributed by atoms with E-state index < -0.39 is 6.09 Å². The normalized spacial score (nSPS) is 15.4. The third-order valence-corrected chi connectivity index (χ3v) is 5.19. The first-order valence-corrected chi connectivity index (χ1v) is 8.80. The highest BCUT2D eigenvalue weighted by Gasteiger charge is 2.41. The molecule has 0 radical (unpaired) electrons. The van der Waals surface area contributed by atoms with Gasteiger partial charge in [-0.25, -0.2) is 4.79 Å². The SMILES string of the molecule is C#CC(CC)(CC)N1CC(OC(=O)Nc2cccc3ccccc23)C1. The van der Waals surface area contributed by atoms with Gasteiger partial charge in [-0.05, 0) is 24.3 Å². The minimum atomic E-state index is -0.416. The third kappa shape index (κ3) is 3.33. The molecule has 0 atom stereocenters. The molecule has 4 nitrogen and oxygen atoms in total. The van der Waals surface area contributed by atoms with E-state index in [0.29, 0.717) is 13.1 Å². The van der Waals surface area contributed by atoms with Crippen molar-refractivity contribution in [1.82, 2.24) is 4.90 Å². The molecule has 1 amide bonds. The van der Waals surface area contributed by atoms with E-state index in [1.54, 1.807) is 0 Å². The molecule has 1 saturated heterocycles. The van der Waals surface area contributed by atoms with Crippen LogP contribution in [0.4, 0.5) is 10.5 Å². The second-order valence-electron chi connectivity index (χ2n) is 6.47. The molecular weight excluding hydrogens is 312 g/mol. The Morgan fingerprint density at radius 3 is 2.60 bits per heavy atom. The molecule has 1 aliphatic rings. The summed E-state index contributed by atoms with van der Waals surface area (Å²) < 4.78 is 5.54. The molecule has 130 valence electrons. The maximum absolute atomic E-state index is 12.2. The summed E-state index contributed by atoms with van der Waals surface area (Å²) in [7, 11) is 0. The van der Waals surface area contributed by atoms with Crippen LogP contribution in [-0.2, 0) is 4.74 Å². The number of ether oxygens (including phenoxy) is 1. The quantitative estimate of drug-likeness (QED) is 0.829. The van der Waals surface area contributed by atoms with Gasteiger partial charge >= 0.3 is 6.09 Å². The van der Waals surface area contributed by atoms with Gasteiger partial charge in [0.25, 0.3) is 0 Å². The van der Waals surface area contributed by atoms with Crippen molar-refractivity contribution in [2.45, 2.75) is 38.3 Å². The lowest BCUT2D eigenvalue weighted by molar-refractivity contribution is -0.0532. The number of benzene rings is 2. The summed E-state index contributed by atoms with van der Waals surface area (Å²) in [6.07, 6.45) is 7.00. The Balaban J connectivity index is 1.59. The first-order chi connectivity index (χ1) is 12.1. The molecule has 0 bridgehead atoms. The molecule has 1 heterocycles. The number of hydrogen-bond donors (Lipinski definition) is 1. The van der Waals surface area contributed by atoms with Crippen LogP contribution in [0, 0.1) is 12.3 Å². The number of hydrogen-bond acceptors (Lipinski definition) is 3. The van der Waals surface area contributed by atoms with Gasteiger partial charge in [0.15, 0.2) is 0 Å². The number of terminal acetylenes is 1. The number of anilines is 1. The lowest BCUT2D eigenvalue weighted by Gasteiger charge is -2.48. The minimum absolute atomic E-state index is 0.110. The average molecular weight is 336 g/mol. The Kier molecular flexibility index (Phi) is 4.96. The van der Waals surface area contributed by atoms with Crippen molar-refractivity contribution in [3.05, 3.63) is 42.5 Å². The van der Waals surface area contributed by atoms with Crippen molar-refractivity contribution in [3.8, 4) is 12.3 Å². The highest BCUT2D eigenvalue weighted by Crippen LogP contribution is 2.30. The maximum atomic E-state index is 12.2. The van der Waals surface area contributed by atoms with Crippen LogP contribution in [0.5, 0.6) is 0 Å². The van der Waals surface area contributed by atoms with Crippen LogP contribution in [0.1, 0.15) is 26.7 Å². The first-order valence-electron chi connectivity index (χ1n) is 8.80. The Morgan fingerprint density at radius 2 is 1.92 bits per heavy atom. The number of likely N-dealkylation sites (tertiary alicyclic amines) is 1. The van der Waals surface area contributed by atoms with E-state index in [9.17, 15) is 4.79 Å². The van der Waals surface area contributed by atoms with Crippen LogP contribution in [0.3, 0.4) is 0 Å². The second-order valence-corrected chi connectivity index (χ2v) is 6.47. The van der Waals surface area contributed by atoms with Crippen LogP contribution in [0.25, 0.3) is 10.8 Å². The fourth-order valence-electron chi connectivity index (χ4n) is 3.48. The van der Waals surface area contributed by atoms with Crippen molar-refractivity contribution < 1.29 is 9.53 Å². The standard InChI is InChI=1S/C21H24N2O2/c1-4-21(5-2,6-3)23-14-17(15-23)25-20(24)22-19-13-9-11-16-10-7-8-12-18(16)19/h1,7-13,17H,5-6,14-15H2,2-3H3,(H,22,24). The molecule has 0 saturated carbocycles. The zero-order valence-corrected chi connectivity index (χ0v) is 14.8. The van der Waals surface area contributed by atoms with E-state index in [0.717, 1.165) is 29.3 Å². The van der Waals surface area contributed by atoms with Crippen molar-refractivity contribution in [2.24, 2.45) is 0 Å². The summed E-state index contributed by atoms with van der Waals surface area (Å²) in [5.74, 6) is 2.92. The molecule has 1 fully saturated rings. The van der Waals surface area contributed by atoms with Gasteiger partial charge in [0.05, 0.1) is 11.2 Å². The van der Waals surface area contributed by atoms with Crippen molar-refractivity contribution in [2.75, 3.05) is 18.4 Å². The summed E-state index contributed by atoms with van der Waals surface area (Å²) in [5.41, 5.74) is 0.547. The van der Waals surface area contributed by atoms with Crippen molar-refractivity contribution >= 4 is 22.6 Å². The molecule has 0 aliphatic carbocycles. The summed E-state index contributed by atoms with van der Waals surface area (Å²) >= 11 is 0. The molecule has 0 aromatic heterocycles. The fourth-order valence-corrected chi connectivity index (χ4v) is 3.48. The average Bonchev–Trinajstić information content (AvgIpc) is 2.61. The molecule has 0 unspecified atom stereocenters. The van der Waals surface area contributed by atoms with E-state index in [4.69, 9.17) is 11.2 Å². The van der Waals surface area contributed by atoms with Gasteiger partial charge in [-0.2, -0.15) is 0 Å². The second kappa shape index (κ2) is 7.16. The van der Waals surface area contributed by atoms with Gasteiger partial charge in [0, 0.05) is 18.5 Å². The van der Waals surface area contributed by atoms with Gasteiger partial charge in [0.1, 0.15) is 6.10 Å².